The lowest BCUT2D eigenvalue weighted by Gasteiger charge is -2.11. The normalized spacial score (nSPS) is 23.7. The molecule has 18 heavy (non-hydrogen) atoms. The number of rotatable bonds is 1. The monoisotopic (exact) mass is 236 g/mol. The number of para-hydroxylation sites is 1. The third-order valence-corrected chi connectivity index (χ3v) is 3.45. The molecule has 0 aromatic heterocycles. The molecule has 2 heteroatoms. The maximum atomic E-state index is 5.89. The Balaban J connectivity index is 1.74. The van der Waals surface area contributed by atoms with E-state index < -0.39 is 0 Å². The molecule has 0 saturated heterocycles. The van der Waals surface area contributed by atoms with E-state index in [1.54, 1.807) is 0 Å². The summed E-state index contributed by atoms with van der Waals surface area (Å²) < 4.78 is 11.7. The molecule has 0 saturated carbocycles. The van der Waals surface area contributed by atoms with E-state index in [4.69, 9.17) is 9.47 Å². The van der Waals surface area contributed by atoms with Crippen LogP contribution in [-0.4, -0.2) is 6.29 Å². The molecule has 0 fully saturated rings. The number of fused-ring (bicyclic) bond motifs is 3. The molecule has 2 aromatic rings. The van der Waals surface area contributed by atoms with Crippen LogP contribution in [0.2, 0.25) is 0 Å². The van der Waals surface area contributed by atoms with Gasteiger partial charge in [0.25, 0.3) is 6.29 Å². The van der Waals surface area contributed by atoms with Gasteiger partial charge in [0.15, 0.2) is 0 Å². The summed E-state index contributed by atoms with van der Waals surface area (Å²) in [4.78, 5) is 0. The Labute approximate surface area is 105 Å². The first-order valence-corrected chi connectivity index (χ1v) is 6.11. The molecule has 0 amide bonds. The molecular formula is C16H12O2. The van der Waals surface area contributed by atoms with E-state index in [-0.39, 0.29) is 12.2 Å². The van der Waals surface area contributed by atoms with Gasteiger partial charge in [-0.3, -0.25) is 0 Å². The predicted octanol–water partition coefficient (Wildman–Crippen LogP) is 3.56. The van der Waals surface area contributed by atoms with E-state index in [0.29, 0.717) is 0 Å². The molecule has 2 nitrogen and oxygen atoms in total. The maximum absolute atomic E-state index is 5.89. The summed E-state index contributed by atoms with van der Waals surface area (Å²) >= 11 is 0. The van der Waals surface area contributed by atoms with Crippen molar-refractivity contribution in [2.75, 3.05) is 0 Å². The first-order valence-electron chi connectivity index (χ1n) is 6.11. The lowest BCUT2D eigenvalue weighted by Crippen LogP contribution is -2.15. The van der Waals surface area contributed by atoms with Gasteiger partial charge in [0, 0.05) is 11.1 Å². The van der Waals surface area contributed by atoms with E-state index in [1.165, 1.54) is 5.56 Å². The molecule has 0 spiro atoms. The molecule has 2 aliphatic rings. The van der Waals surface area contributed by atoms with Crippen molar-refractivity contribution in [3.05, 3.63) is 71.8 Å². The summed E-state index contributed by atoms with van der Waals surface area (Å²) in [5.41, 5.74) is 2.32. The van der Waals surface area contributed by atoms with Gasteiger partial charge in [-0.05, 0) is 12.1 Å². The van der Waals surface area contributed by atoms with Crippen molar-refractivity contribution in [1.82, 2.24) is 0 Å². The molecule has 0 bridgehead atoms. The number of hydrogen-bond acceptors (Lipinski definition) is 2. The first kappa shape index (κ1) is 9.77. The summed E-state index contributed by atoms with van der Waals surface area (Å²) in [6, 6.07) is 18.3. The van der Waals surface area contributed by atoms with Crippen LogP contribution in [0.15, 0.2) is 60.7 Å². The van der Waals surface area contributed by atoms with Crippen LogP contribution >= 0.6 is 0 Å². The van der Waals surface area contributed by atoms with Gasteiger partial charge in [-0.1, -0.05) is 48.5 Å². The van der Waals surface area contributed by atoms with Gasteiger partial charge in [0.05, 0.1) is 5.92 Å². The quantitative estimate of drug-likeness (QED) is 0.753. The van der Waals surface area contributed by atoms with Crippen molar-refractivity contribution in [3.63, 3.8) is 0 Å². The molecule has 2 heterocycles. The second kappa shape index (κ2) is 3.64. The van der Waals surface area contributed by atoms with Crippen LogP contribution in [0.1, 0.15) is 17.0 Å². The fourth-order valence-corrected chi connectivity index (χ4v) is 2.57. The highest BCUT2D eigenvalue weighted by atomic mass is 16.7. The third-order valence-electron chi connectivity index (χ3n) is 3.45. The van der Waals surface area contributed by atoms with Crippen molar-refractivity contribution < 1.29 is 9.47 Å². The van der Waals surface area contributed by atoms with Crippen LogP contribution in [-0.2, 0) is 4.74 Å². The number of hydrogen-bond donors (Lipinski definition) is 0. The average molecular weight is 236 g/mol. The Bertz CT molecular complexity index is 616. The Kier molecular flexibility index (Phi) is 1.97. The highest BCUT2D eigenvalue weighted by Crippen LogP contribution is 2.45. The molecule has 4 rings (SSSR count). The van der Waals surface area contributed by atoms with Crippen molar-refractivity contribution in [3.8, 4) is 5.75 Å². The zero-order valence-corrected chi connectivity index (χ0v) is 9.74. The van der Waals surface area contributed by atoms with Gasteiger partial charge >= 0.3 is 0 Å². The van der Waals surface area contributed by atoms with E-state index in [0.717, 1.165) is 17.1 Å². The van der Waals surface area contributed by atoms with Crippen LogP contribution in [0.25, 0.3) is 5.76 Å². The van der Waals surface area contributed by atoms with E-state index in [9.17, 15) is 0 Å². The summed E-state index contributed by atoms with van der Waals surface area (Å²) in [5, 5.41) is 0. The highest BCUT2D eigenvalue weighted by molar-refractivity contribution is 5.64. The predicted molar refractivity (Wildman–Crippen MR) is 69.1 cm³/mol. The summed E-state index contributed by atoms with van der Waals surface area (Å²) in [7, 11) is 0. The minimum absolute atomic E-state index is 0.197. The van der Waals surface area contributed by atoms with Crippen LogP contribution in [0.4, 0.5) is 0 Å². The summed E-state index contributed by atoms with van der Waals surface area (Å²) in [5.74, 6) is 2.08. The van der Waals surface area contributed by atoms with Gasteiger partial charge in [0.1, 0.15) is 11.5 Å². The zero-order valence-electron chi connectivity index (χ0n) is 9.74. The Hall–Kier alpha value is -2.22. The van der Waals surface area contributed by atoms with Gasteiger partial charge in [0.2, 0.25) is 0 Å². The highest BCUT2D eigenvalue weighted by Gasteiger charge is 2.39. The third kappa shape index (κ3) is 1.35. The molecule has 2 aromatic carbocycles. The standard InChI is InChI=1S/C16H12O2/c1-2-6-11(7-3-1)15-10-13-12-8-4-5-9-14(12)17-16(13)18-15/h1-10,13,16H. The molecule has 0 N–H and O–H groups in total. The Morgan fingerprint density at radius 3 is 2.44 bits per heavy atom. The van der Waals surface area contributed by atoms with Crippen LogP contribution < -0.4 is 4.74 Å². The zero-order chi connectivity index (χ0) is 11.9. The van der Waals surface area contributed by atoms with Crippen LogP contribution in [0.5, 0.6) is 5.75 Å². The van der Waals surface area contributed by atoms with Gasteiger partial charge in [-0.25, -0.2) is 0 Å². The van der Waals surface area contributed by atoms with E-state index in [2.05, 4.69) is 24.3 Å². The lowest BCUT2D eigenvalue weighted by molar-refractivity contribution is 0.00656. The van der Waals surface area contributed by atoms with E-state index >= 15 is 0 Å². The van der Waals surface area contributed by atoms with Gasteiger partial charge in [-0.15, -0.1) is 0 Å². The van der Waals surface area contributed by atoms with Crippen LogP contribution in [0, 0.1) is 0 Å². The minimum Gasteiger partial charge on any atom is -0.454 e. The maximum Gasteiger partial charge on any atom is 0.251 e. The Morgan fingerprint density at radius 1 is 0.778 bits per heavy atom. The summed E-state index contributed by atoms with van der Waals surface area (Å²) in [6.45, 7) is 0. The Morgan fingerprint density at radius 2 is 1.56 bits per heavy atom. The van der Waals surface area contributed by atoms with Crippen molar-refractivity contribution in [1.29, 1.82) is 0 Å². The smallest absolute Gasteiger partial charge is 0.251 e. The average Bonchev–Trinajstić information content (AvgIpc) is 2.97. The van der Waals surface area contributed by atoms with Crippen molar-refractivity contribution in [2.45, 2.75) is 12.2 Å². The molecule has 0 radical (unpaired) electrons. The van der Waals surface area contributed by atoms with Gasteiger partial charge < -0.3 is 9.47 Å². The molecule has 2 atom stereocenters. The van der Waals surface area contributed by atoms with Crippen molar-refractivity contribution in [2.24, 2.45) is 0 Å². The first-order chi connectivity index (χ1) is 8.92. The fourth-order valence-electron chi connectivity index (χ4n) is 2.57. The lowest BCUT2D eigenvalue weighted by atomic mass is 10.00. The molecule has 0 aliphatic carbocycles. The molecule has 2 aliphatic heterocycles. The number of ether oxygens (including phenoxy) is 2. The molecule has 88 valence electrons. The summed E-state index contributed by atoms with van der Waals surface area (Å²) in [6.07, 6.45) is 1.96. The molecular weight excluding hydrogens is 224 g/mol. The van der Waals surface area contributed by atoms with Gasteiger partial charge in [-0.2, -0.15) is 0 Å². The minimum atomic E-state index is -0.197. The second-order valence-corrected chi connectivity index (χ2v) is 4.56. The fraction of sp³-hybridized carbons (Fsp3) is 0.125. The number of benzene rings is 2. The second-order valence-electron chi connectivity index (χ2n) is 4.56. The topological polar surface area (TPSA) is 18.5 Å². The van der Waals surface area contributed by atoms with Crippen molar-refractivity contribution >= 4 is 5.76 Å². The largest absolute Gasteiger partial charge is 0.454 e. The molecule has 2 unspecified atom stereocenters. The van der Waals surface area contributed by atoms with E-state index in [1.807, 2.05) is 36.4 Å². The SMILES string of the molecule is C1=C(c2ccccc2)OC2Oc3ccccc3C12. The van der Waals surface area contributed by atoms with Crippen LogP contribution in [0.3, 0.4) is 0 Å².